The molecule has 2 aliphatic rings. The van der Waals surface area contributed by atoms with Crippen molar-refractivity contribution in [2.75, 3.05) is 39.8 Å². The summed E-state index contributed by atoms with van der Waals surface area (Å²) in [4.78, 5) is 60.6. The Kier molecular flexibility index (Phi) is 10.2. The van der Waals surface area contributed by atoms with E-state index in [2.05, 4.69) is 15.6 Å². The van der Waals surface area contributed by atoms with E-state index in [4.69, 9.17) is 9.47 Å². The molecule has 0 saturated carbocycles. The number of benzene rings is 1. The highest BCUT2D eigenvalue weighted by molar-refractivity contribution is 7.08. The topological polar surface area (TPSA) is 135 Å². The first kappa shape index (κ1) is 31.0. The van der Waals surface area contributed by atoms with Crippen LogP contribution in [0.2, 0.25) is 0 Å². The van der Waals surface area contributed by atoms with Crippen molar-refractivity contribution in [2.45, 2.75) is 51.3 Å². The smallest absolute Gasteiger partial charge is 0.254 e. The van der Waals surface area contributed by atoms with Gasteiger partial charge in [0.05, 0.1) is 19.2 Å². The minimum atomic E-state index is -0.729. The van der Waals surface area contributed by atoms with E-state index in [1.807, 2.05) is 23.8 Å². The van der Waals surface area contributed by atoms with Gasteiger partial charge in [-0.05, 0) is 55.8 Å². The lowest BCUT2D eigenvalue weighted by Gasteiger charge is -2.24. The van der Waals surface area contributed by atoms with E-state index < -0.39 is 12.1 Å². The summed E-state index contributed by atoms with van der Waals surface area (Å²) in [6, 6.07) is 6.01. The maximum Gasteiger partial charge on any atom is 0.254 e. The van der Waals surface area contributed by atoms with Crippen LogP contribution in [0.1, 0.15) is 52.2 Å². The molecule has 4 heterocycles. The summed E-state index contributed by atoms with van der Waals surface area (Å²) in [7, 11) is 1.51. The summed E-state index contributed by atoms with van der Waals surface area (Å²) in [5.74, 6) is 0.694. The largest absolute Gasteiger partial charge is 0.493 e. The number of hydrogen-bond donors (Lipinski definition) is 2. The second-order valence-electron chi connectivity index (χ2n) is 10.9. The number of carbonyl (C=O) groups is 4. The zero-order valence-corrected chi connectivity index (χ0v) is 25.8. The van der Waals surface area contributed by atoms with Gasteiger partial charge in [-0.3, -0.25) is 19.2 Å². The molecule has 0 radical (unpaired) electrons. The first-order chi connectivity index (χ1) is 21.3. The van der Waals surface area contributed by atoms with Crippen LogP contribution < -0.4 is 20.1 Å². The van der Waals surface area contributed by atoms with E-state index in [1.54, 1.807) is 45.0 Å². The highest BCUT2D eigenvalue weighted by Crippen LogP contribution is 2.32. The Morgan fingerprint density at radius 1 is 1.11 bits per heavy atom. The van der Waals surface area contributed by atoms with Crippen LogP contribution in [-0.4, -0.2) is 95.0 Å². The fraction of sp³-hybridized carbons (Fsp3) is 0.452. The summed E-state index contributed by atoms with van der Waals surface area (Å²) >= 11 is 1.47. The number of amides is 4. The Labute approximate surface area is 260 Å². The molecule has 0 unspecified atom stereocenters. The van der Waals surface area contributed by atoms with Crippen molar-refractivity contribution in [3.8, 4) is 11.5 Å². The monoisotopic (exact) mass is 622 g/mol. The third-order valence-electron chi connectivity index (χ3n) is 7.93. The summed E-state index contributed by atoms with van der Waals surface area (Å²) in [6.07, 6.45) is 5.08. The lowest BCUT2D eigenvalue weighted by molar-refractivity contribution is -0.139. The maximum atomic E-state index is 13.5. The maximum absolute atomic E-state index is 13.5. The van der Waals surface area contributed by atoms with E-state index in [-0.39, 0.29) is 43.1 Å². The highest BCUT2D eigenvalue weighted by atomic mass is 32.1. The first-order valence-corrected chi connectivity index (χ1v) is 15.8. The Bertz CT molecular complexity index is 1470. The van der Waals surface area contributed by atoms with E-state index in [1.165, 1.54) is 18.4 Å². The van der Waals surface area contributed by atoms with Crippen molar-refractivity contribution in [3.05, 3.63) is 64.4 Å². The molecular formula is C31H38N6O6S. The minimum absolute atomic E-state index is 0.0509. The van der Waals surface area contributed by atoms with E-state index in [9.17, 15) is 19.2 Å². The van der Waals surface area contributed by atoms with Crippen LogP contribution in [0.3, 0.4) is 0 Å². The molecule has 12 nitrogen and oxygen atoms in total. The molecule has 5 rings (SSSR count). The van der Waals surface area contributed by atoms with Gasteiger partial charge in [-0.1, -0.05) is 0 Å². The van der Waals surface area contributed by atoms with Gasteiger partial charge in [-0.2, -0.15) is 11.3 Å². The van der Waals surface area contributed by atoms with E-state index in [0.717, 1.165) is 0 Å². The summed E-state index contributed by atoms with van der Waals surface area (Å²) in [5, 5.41) is 9.64. The molecule has 0 spiro atoms. The molecule has 1 saturated heterocycles. The van der Waals surface area contributed by atoms with Gasteiger partial charge in [0.15, 0.2) is 11.5 Å². The average molecular weight is 623 g/mol. The third-order valence-corrected chi connectivity index (χ3v) is 8.62. The normalized spacial score (nSPS) is 20.0. The fourth-order valence-corrected chi connectivity index (χ4v) is 6.15. The number of ether oxygens (including phenoxy) is 2. The SMILES string of the molecule is COc1ccc2cc1O[C@H]1C[C@@H](C(=O)NCCCCN(C(=O)c3ccsc3)CCCNC2=O)N(C(=O)Cn2ccnc2C)C1. The number of fused-ring (bicyclic) bond motifs is 4. The predicted molar refractivity (Wildman–Crippen MR) is 164 cm³/mol. The van der Waals surface area contributed by atoms with Crippen LogP contribution >= 0.6 is 11.3 Å². The molecule has 13 heteroatoms. The summed E-state index contributed by atoms with van der Waals surface area (Å²) in [6.45, 7) is 3.87. The number of imidazole rings is 1. The molecular weight excluding hydrogens is 584 g/mol. The van der Waals surface area contributed by atoms with Crippen molar-refractivity contribution >= 4 is 35.0 Å². The second-order valence-corrected chi connectivity index (χ2v) is 11.7. The number of aromatic nitrogens is 2. The average Bonchev–Trinajstić information content (AvgIpc) is 3.79. The number of hydrogen-bond acceptors (Lipinski definition) is 8. The number of methoxy groups -OCH3 is 1. The number of nitrogens with one attached hydrogen (secondary N) is 2. The van der Waals surface area contributed by atoms with Crippen molar-refractivity contribution in [1.29, 1.82) is 0 Å². The number of rotatable bonds is 4. The summed E-state index contributed by atoms with van der Waals surface area (Å²) in [5.41, 5.74) is 1.03. The Balaban J connectivity index is 1.36. The van der Waals surface area contributed by atoms with E-state index in [0.29, 0.717) is 73.9 Å². The van der Waals surface area contributed by atoms with Gasteiger partial charge in [0.25, 0.3) is 11.8 Å². The summed E-state index contributed by atoms with van der Waals surface area (Å²) < 4.78 is 13.5. The van der Waals surface area contributed by atoms with Crippen LogP contribution in [0.25, 0.3) is 0 Å². The number of thiophene rings is 1. The lowest BCUT2D eigenvalue weighted by Crippen LogP contribution is -2.47. The number of carbonyl (C=O) groups excluding carboxylic acids is 4. The van der Waals surface area contributed by atoms with Gasteiger partial charge in [0.2, 0.25) is 11.8 Å². The van der Waals surface area contributed by atoms with Crippen LogP contribution in [0.4, 0.5) is 0 Å². The molecule has 0 aliphatic carbocycles. The third kappa shape index (κ3) is 7.39. The van der Waals surface area contributed by atoms with Crippen LogP contribution in [0.15, 0.2) is 47.4 Å². The van der Waals surface area contributed by atoms with Gasteiger partial charge < -0.3 is 34.5 Å². The standard InChI is InChI=1S/C31H38N6O6S/c1-21-32-11-14-36(21)19-28(38)37-18-24-17-25(37)30(40)34-9-3-4-12-35(31(41)23-8-15-44-20-23)13-5-10-33-29(39)22-6-7-26(42-2)27(16-22)43-24/h6-8,11,14-16,20,24-25H,3-5,9-10,12-13,17-19H2,1-2H3,(H,33,39)(H,34,40)/t24-,25-/m0/s1. The Morgan fingerprint density at radius 3 is 2.68 bits per heavy atom. The van der Waals surface area contributed by atoms with Gasteiger partial charge in [0.1, 0.15) is 24.5 Å². The number of aryl methyl sites for hydroxylation is 1. The molecule has 4 amide bonds. The van der Waals surface area contributed by atoms with Gasteiger partial charge in [-0.25, -0.2) is 4.98 Å². The van der Waals surface area contributed by atoms with E-state index >= 15 is 0 Å². The zero-order chi connectivity index (χ0) is 31.1. The molecule has 2 aliphatic heterocycles. The Morgan fingerprint density at radius 2 is 1.93 bits per heavy atom. The molecule has 3 aromatic rings. The fourth-order valence-electron chi connectivity index (χ4n) is 5.52. The van der Waals surface area contributed by atoms with Crippen LogP contribution in [-0.2, 0) is 16.1 Å². The van der Waals surface area contributed by atoms with Crippen molar-refractivity contribution < 1.29 is 28.7 Å². The minimum Gasteiger partial charge on any atom is -0.493 e. The zero-order valence-electron chi connectivity index (χ0n) is 25.0. The molecule has 1 fully saturated rings. The second kappa shape index (κ2) is 14.4. The Hall–Kier alpha value is -4.39. The number of nitrogens with zero attached hydrogens (tertiary/aromatic N) is 4. The molecule has 1 aromatic carbocycles. The molecule has 2 atom stereocenters. The van der Waals surface area contributed by atoms with Gasteiger partial charge in [0, 0.05) is 55.9 Å². The lowest BCUT2D eigenvalue weighted by atomic mass is 10.1. The van der Waals surface area contributed by atoms with Crippen LogP contribution in [0, 0.1) is 6.92 Å². The van der Waals surface area contributed by atoms with Gasteiger partial charge in [-0.15, -0.1) is 0 Å². The molecule has 2 N–H and O–H groups in total. The quantitative estimate of drug-likeness (QED) is 0.457. The molecule has 234 valence electrons. The predicted octanol–water partition coefficient (Wildman–Crippen LogP) is 2.48. The van der Waals surface area contributed by atoms with Crippen molar-refractivity contribution in [2.24, 2.45) is 0 Å². The van der Waals surface area contributed by atoms with Crippen molar-refractivity contribution in [3.63, 3.8) is 0 Å². The first-order valence-electron chi connectivity index (χ1n) is 14.8. The van der Waals surface area contributed by atoms with Crippen molar-refractivity contribution in [1.82, 2.24) is 30.0 Å². The highest BCUT2D eigenvalue weighted by Gasteiger charge is 2.41. The van der Waals surface area contributed by atoms with Crippen LogP contribution in [0.5, 0.6) is 11.5 Å². The molecule has 44 heavy (non-hydrogen) atoms. The van der Waals surface area contributed by atoms with Gasteiger partial charge >= 0.3 is 0 Å². The number of likely N-dealkylation sites (tertiary alicyclic amines) is 1. The molecule has 4 bridgehead atoms. The molecule has 2 aromatic heterocycles.